The average molecular weight is 331 g/mol. The van der Waals surface area contributed by atoms with Crippen LogP contribution >= 0.6 is 0 Å². The lowest BCUT2D eigenvalue weighted by atomic mass is 9.86. The Morgan fingerprint density at radius 2 is 1.83 bits per heavy atom. The van der Waals surface area contributed by atoms with Gasteiger partial charge in [-0.25, -0.2) is 0 Å². The first-order chi connectivity index (χ1) is 11.4. The number of benzene rings is 1. The number of piperazine rings is 1. The van der Waals surface area contributed by atoms with Crippen molar-refractivity contribution in [3.05, 3.63) is 27.2 Å². The second-order valence-electron chi connectivity index (χ2n) is 7.00. The zero-order valence-corrected chi connectivity index (χ0v) is 14.9. The van der Waals surface area contributed by atoms with E-state index in [-0.39, 0.29) is 5.91 Å². The van der Waals surface area contributed by atoms with Crippen molar-refractivity contribution in [2.45, 2.75) is 46.1 Å². The molecule has 1 aromatic carbocycles. The predicted octanol–water partition coefficient (Wildman–Crippen LogP) is 2.53. The fraction of sp³-hybridized carbons (Fsp3) is 0.611. The summed E-state index contributed by atoms with van der Waals surface area (Å²) in [5.74, 6) is 0.816. The summed E-state index contributed by atoms with van der Waals surface area (Å²) >= 11 is 0. The van der Waals surface area contributed by atoms with Crippen LogP contribution < -0.4 is 10.1 Å². The third-order valence-electron chi connectivity index (χ3n) is 5.47. The van der Waals surface area contributed by atoms with Gasteiger partial charge in [-0.3, -0.25) is 4.79 Å². The van der Waals surface area contributed by atoms with E-state index < -0.39 is 5.60 Å². The van der Waals surface area contributed by atoms with Crippen molar-refractivity contribution in [3.63, 3.8) is 0 Å². The van der Waals surface area contributed by atoms with Gasteiger partial charge in [0, 0.05) is 32.6 Å². The van der Waals surface area contributed by atoms with Crippen molar-refractivity contribution in [2.75, 3.05) is 26.2 Å². The Morgan fingerprint density at radius 3 is 2.46 bits per heavy atom. The number of amides is 1. The zero-order valence-electron chi connectivity index (χ0n) is 14.9. The highest BCUT2D eigenvalue weighted by atomic mass is 16.5. The van der Waals surface area contributed by atoms with Gasteiger partial charge in [0.1, 0.15) is 11.4 Å². The minimum Gasteiger partial charge on any atom is -0.477 e. The number of carbonyl (C=O) groups excluding carboxylic acids is 1. The molecule has 2 heterocycles. The SMILES string of the molecule is Cc1c(C)c2c(c(C)c1N=O)CCC(C)(C(=O)N1CCNCC1)O2. The molecular weight excluding hydrogens is 306 g/mol. The molecule has 1 amide bonds. The molecule has 3 rings (SSSR count). The van der Waals surface area contributed by atoms with Crippen molar-refractivity contribution in [1.29, 1.82) is 0 Å². The molecule has 0 aromatic heterocycles. The number of ether oxygens (including phenoxy) is 1. The van der Waals surface area contributed by atoms with Gasteiger partial charge >= 0.3 is 0 Å². The lowest BCUT2D eigenvalue weighted by molar-refractivity contribution is -0.148. The van der Waals surface area contributed by atoms with E-state index in [0.717, 1.165) is 60.6 Å². The quantitative estimate of drug-likeness (QED) is 0.845. The van der Waals surface area contributed by atoms with E-state index in [2.05, 4.69) is 10.5 Å². The minimum absolute atomic E-state index is 0.0574. The molecule has 0 saturated carbocycles. The van der Waals surface area contributed by atoms with Gasteiger partial charge in [0.2, 0.25) is 0 Å². The van der Waals surface area contributed by atoms with Crippen LogP contribution in [0, 0.1) is 25.7 Å². The molecule has 0 spiro atoms. The number of carbonyl (C=O) groups is 1. The van der Waals surface area contributed by atoms with Crippen LogP contribution in [-0.4, -0.2) is 42.6 Å². The summed E-state index contributed by atoms with van der Waals surface area (Å²) in [5, 5.41) is 6.46. The van der Waals surface area contributed by atoms with Gasteiger partial charge in [-0.15, -0.1) is 4.91 Å². The Morgan fingerprint density at radius 1 is 1.17 bits per heavy atom. The second kappa shape index (κ2) is 6.16. The highest BCUT2D eigenvalue weighted by molar-refractivity contribution is 5.86. The van der Waals surface area contributed by atoms with E-state index in [4.69, 9.17) is 4.74 Å². The number of nitrogens with zero attached hydrogens (tertiary/aromatic N) is 2. The molecule has 1 fully saturated rings. The molecular formula is C18H25N3O3. The summed E-state index contributed by atoms with van der Waals surface area (Å²) in [6.45, 7) is 10.7. The molecule has 1 aromatic rings. The van der Waals surface area contributed by atoms with Crippen LogP contribution in [-0.2, 0) is 11.2 Å². The fourth-order valence-electron chi connectivity index (χ4n) is 3.74. The molecule has 1 N–H and O–H groups in total. The smallest absolute Gasteiger partial charge is 0.266 e. The topological polar surface area (TPSA) is 71.0 Å². The lowest BCUT2D eigenvalue weighted by Gasteiger charge is -2.40. The van der Waals surface area contributed by atoms with E-state index in [9.17, 15) is 9.70 Å². The highest BCUT2D eigenvalue weighted by Crippen LogP contribution is 2.44. The van der Waals surface area contributed by atoms with E-state index in [0.29, 0.717) is 12.1 Å². The van der Waals surface area contributed by atoms with E-state index >= 15 is 0 Å². The van der Waals surface area contributed by atoms with E-state index in [1.54, 1.807) is 0 Å². The van der Waals surface area contributed by atoms with Crippen molar-refractivity contribution in [2.24, 2.45) is 5.18 Å². The zero-order chi connectivity index (χ0) is 17.5. The van der Waals surface area contributed by atoms with Gasteiger partial charge in [0.25, 0.3) is 5.91 Å². The number of fused-ring (bicyclic) bond motifs is 1. The first kappa shape index (κ1) is 16.9. The third kappa shape index (κ3) is 2.59. The maximum atomic E-state index is 13.0. The second-order valence-corrected chi connectivity index (χ2v) is 7.00. The number of nitroso groups, excluding NO2 is 1. The van der Waals surface area contributed by atoms with Crippen molar-refractivity contribution in [3.8, 4) is 5.75 Å². The largest absolute Gasteiger partial charge is 0.477 e. The van der Waals surface area contributed by atoms with Crippen molar-refractivity contribution < 1.29 is 9.53 Å². The van der Waals surface area contributed by atoms with Crippen LogP contribution in [0.25, 0.3) is 0 Å². The molecule has 6 nitrogen and oxygen atoms in total. The van der Waals surface area contributed by atoms with Crippen molar-refractivity contribution >= 4 is 11.6 Å². The summed E-state index contributed by atoms with van der Waals surface area (Å²) < 4.78 is 6.27. The molecule has 1 atom stereocenters. The molecule has 24 heavy (non-hydrogen) atoms. The molecule has 1 unspecified atom stereocenters. The summed E-state index contributed by atoms with van der Waals surface area (Å²) in [6, 6.07) is 0. The summed E-state index contributed by atoms with van der Waals surface area (Å²) in [6.07, 6.45) is 1.34. The van der Waals surface area contributed by atoms with E-state index in [1.807, 2.05) is 32.6 Å². The average Bonchev–Trinajstić information content (AvgIpc) is 2.60. The van der Waals surface area contributed by atoms with E-state index in [1.165, 1.54) is 0 Å². The van der Waals surface area contributed by atoms with Crippen LogP contribution in [0.1, 0.15) is 35.6 Å². The monoisotopic (exact) mass is 331 g/mol. The Labute approximate surface area is 142 Å². The Kier molecular flexibility index (Phi) is 4.34. The van der Waals surface area contributed by atoms with Gasteiger partial charge < -0.3 is 15.0 Å². The predicted molar refractivity (Wildman–Crippen MR) is 92.9 cm³/mol. The van der Waals surface area contributed by atoms with Gasteiger partial charge in [0.05, 0.1) is 0 Å². The number of hydrogen-bond donors (Lipinski definition) is 1. The maximum absolute atomic E-state index is 13.0. The number of hydrogen-bond acceptors (Lipinski definition) is 5. The number of rotatable bonds is 2. The minimum atomic E-state index is -0.843. The lowest BCUT2D eigenvalue weighted by Crippen LogP contribution is -2.57. The summed E-state index contributed by atoms with van der Waals surface area (Å²) in [4.78, 5) is 26.1. The van der Waals surface area contributed by atoms with Crippen LogP contribution in [0.4, 0.5) is 5.69 Å². The third-order valence-corrected chi connectivity index (χ3v) is 5.47. The van der Waals surface area contributed by atoms with Crippen LogP contribution in [0.2, 0.25) is 0 Å². The van der Waals surface area contributed by atoms with Crippen LogP contribution in [0.5, 0.6) is 5.75 Å². The number of nitrogens with one attached hydrogen (secondary N) is 1. The molecule has 6 heteroatoms. The fourth-order valence-corrected chi connectivity index (χ4v) is 3.74. The van der Waals surface area contributed by atoms with Crippen molar-refractivity contribution in [1.82, 2.24) is 10.2 Å². The molecule has 1 saturated heterocycles. The Hall–Kier alpha value is -1.95. The Bertz CT molecular complexity index is 695. The standard InChI is InChI=1S/C18H25N3O3/c1-11-12(2)16-14(13(3)15(11)20-23)5-6-18(4,24-16)17(22)21-9-7-19-8-10-21/h19H,5-10H2,1-4H3. The van der Waals surface area contributed by atoms with Gasteiger partial charge in [-0.2, -0.15) is 0 Å². The maximum Gasteiger partial charge on any atom is 0.266 e. The molecule has 0 bridgehead atoms. The molecule has 130 valence electrons. The molecule has 2 aliphatic rings. The Balaban J connectivity index is 1.96. The molecule has 0 radical (unpaired) electrons. The molecule has 2 aliphatic heterocycles. The normalized spacial score (nSPS) is 23.4. The van der Waals surface area contributed by atoms with Crippen LogP contribution in [0.3, 0.4) is 0 Å². The van der Waals surface area contributed by atoms with Gasteiger partial charge in [0.15, 0.2) is 5.60 Å². The van der Waals surface area contributed by atoms with Gasteiger partial charge in [-0.05, 0) is 61.5 Å². The first-order valence-electron chi connectivity index (χ1n) is 8.54. The summed E-state index contributed by atoms with van der Waals surface area (Å²) in [7, 11) is 0. The molecule has 0 aliphatic carbocycles. The summed E-state index contributed by atoms with van der Waals surface area (Å²) in [5.41, 5.74) is 3.29. The first-order valence-corrected chi connectivity index (χ1v) is 8.54. The van der Waals surface area contributed by atoms with Gasteiger partial charge in [-0.1, -0.05) is 0 Å². The highest BCUT2D eigenvalue weighted by Gasteiger charge is 2.43. The van der Waals surface area contributed by atoms with Crippen LogP contribution in [0.15, 0.2) is 5.18 Å².